The molecule has 0 saturated carbocycles. The summed E-state index contributed by atoms with van der Waals surface area (Å²) >= 11 is 5.70. The third kappa shape index (κ3) is 2.44. The predicted octanol–water partition coefficient (Wildman–Crippen LogP) is 0.612. The van der Waals surface area contributed by atoms with Crippen molar-refractivity contribution in [1.82, 2.24) is 15.2 Å². The standard InChI is InChI=1S/C12H12ClN3O3/c1-12(2)11(19)15-9(17)6-16(12)10(18)8-4-3-7(13)5-14-8/h3-5H,6H2,1-2H3,(H,15,17,19). The van der Waals surface area contributed by atoms with E-state index < -0.39 is 23.3 Å². The number of piperazine rings is 1. The van der Waals surface area contributed by atoms with Gasteiger partial charge in [-0.05, 0) is 26.0 Å². The lowest BCUT2D eigenvalue weighted by Gasteiger charge is -2.39. The number of imide groups is 1. The van der Waals surface area contributed by atoms with Crippen molar-refractivity contribution < 1.29 is 14.4 Å². The van der Waals surface area contributed by atoms with E-state index in [0.717, 1.165) is 0 Å². The molecule has 1 aromatic heterocycles. The Morgan fingerprint density at radius 2 is 2.11 bits per heavy atom. The number of hydrogen-bond acceptors (Lipinski definition) is 4. The van der Waals surface area contributed by atoms with Crippen LogP contribution >= 0.6 is 11.6 Å². The molecule has 2 rings (SSSR count). The zero-order chi connectivity index (χ0) is 14.2. The van der Waals surface area contributed by atoms with Gasteiger partial charge in [-0.2, -0.15) is 0 Å². The molecule has 1 aromatic rings. The van der Waals surface area contributed by atoms with Crippen LogP contribution in [0, 0.1) is 0 Å². The van der Waals surface area contributed by atoms with Gasteiger partial charge in [0.25, 0.3) is 11.8 Å². The zero-order valence-electron chi connectivity index (χ0n) is 10.4. The minimum Gasteiger partial charge on any atom is -0.314 e. The summed E-state index contributed by atoms with van der Waals surface area (Å²) in [5.74, 6) is -1.50. The van der Waals surface area contributed by atoms with Gasteiger partial charge in [-0.25, -0.2) is 4.98 Å². The summed E-state index contributed by atoms with van der Waals surface area (Å²) < 4.78 is 0. The second kappa shape index (κ2) is 4.62. The molecule has 0 aromatic carbocycles. The summed E-state index contributed by atoms with van der Waals surface area (Å²) in [5.41, 5.74) is -0.966. The molecule has 0 atom stereocenters. The lowest BCUT2D eigenvalue weighted by molar-refractivity contribution is -0.143. The van der Waals surface area contributed by atoms with Crippen molar-refractivity contribution in [2.24, 2.45) is 0 Å². The fourth-order valence-corrected chi connectivity index (χ4v) is 1.86. The smallest absolute Gasteiger partial charge is 0.273 e. The molecule has 1 saturated heterocycles. The van der Waals surface area contributed by atoms with Gasteiger partial charge >= 0.3 is 0 Å². The number of aromatic nitrogens is 1. The van der Waals surface area contributed by atoms with Crippen LogP contribution in [0.1, 0.15) is 24.3 Å². The van der Waals surface area contributed by atoms with E-state index in [4.69, 9.17) is 11.6 Å². The molecule has 1 N–H and O–H groups in total. The minimum absolute atomic E-state index is 0.139. The maximum Gasteiger partial charge on any atom is 0.273 e. The van der Waals surface area contributed by atoms with Crippen molar-refractivity contribution in [3.05, 3.63) is 29.0 Å². The number of pyridine rings is 1. The molecule has 2 heterocycles. The van der Waals surface area contributed by atoms with E-state index in [1.807, 2.05) is 0 Å². The fraction of sp³-hybridized carbons (Fsp3) is 0.333. The Balaban J connectivity index is 2.33. The number of hydrogen-bond donors (Lipinski definition) is 1. The highest BCUT2D eigenvalue weighted by Crippen LogP contribution is 2.20. The summed E-state index contributed by atoms with van der Waals surface area (Å²) in [6.07, 6.45) is 1.34. The summed E-state index contributed by atoms with van der Waals surface area (Å²) in [7, 11) is 0. The summed E-state index contributed by atoms with van der Waals surface area (Å²) in [4.78, 5) is 40.6. The molecule has 6 nitrogen and oxygen atoms in total. The maximum absolute atomic E-state index is 12.3. The average Bonchev–Trinajstić information content (AvgIpc) is 2.34. The largest absolute Gasteiger partial charge is 0.314 e. The van der Waals surface area contributed by atoms with Crippen molar-refractivity contribution in [2.45, 2.75) is 19.4 Å². The second-order valence-corrected chi connectivity index (χ2v) is 5.13. The number of nitrogens with one attached hydrogen (secondary N) is 1. The SMILES string of the molecule is CC1(C)C(=O)NC(=O)CN1C(=O)c1ccc(Cl)cn1. The van der Waals surface area contributed by atoms with Gasteiger partial charge in [0, 0.05) is 6.20 Å². The Kier molecular flexibility index (Phi) is 3.28. The Morgan fingerprint density at radius 3 is 2.68 bits per heavy atom. The number of amides is 3. The van der Waals surface area contributed by atoms with Crippen LogP contribution < -0.4 is 5.32 Å². The summed E-state index contributed by atoms with van der Waals surface area (Å²) in [5, 5.41) is 2.61. The molecular weight excluding hydrogens is 270 g/mol. The van der Waals surface area contributed by atoms with E-state index in [1.54, 1.807) is 13.8 Å². The molecule has 0 unspecified atom stereocenters. The van der Waals surface area contributed by atoms with Crippen LogP contribution in [-0.4, -0.2) is 39.7 Å². The monoisotopic (exact) mass is 281 g/mol. The number of halogens is 1. The van der Waals surface area contributed by atoms with Crippen LogP contribution in [0.5, 0.6) is 0 Å². The highest BCUT2D eigenvalue weighted by atomic mass is 35.5. The third-order valence-corrected chi connectivity index (χ3v) is 3.20. The maximum atomic E-state index is 12.3. The first-order valence-electron chi connectivity index (χ1n) is 5.60. The van der Waals surface area contributed by atoms with Crippen molar-refractivity contribution in [3.63, 3.8) is 0 Å². The molecular formula is C12H12ClN3O3. The number of carbonyl (C=O) groups is 3. The Morgan fingerprint density at radius 1 is 1.42 bits per heavy atom. The lowest BCUT2D eigenvalue weighted by Crippen LogP contribution is -2.65. The molecule has 1 aliphatic heterocycles. The van der Waals surface area contributed by atoms with Crippen molar-refractivity contribution in [3.8, 4) is 0 Å². The van der Waals surface area contributed by atoms with E-state index in [0.29, 0.717) is 5.02 Å². The van der Waals surface area contributed by atoms with Gasteiger partial charge in [-0.15, -0.1) is 0 Å². The summed E-state index contributed by atoms with van der Waals surface area (Å²) in [6.45, 7) is 2.97. The number of rotatable bonds is 1. The third-order valence-electron chi connectivity index (χ3n) is 2.98. The van der Waals surface area contributed by atoms with E-state index in [2.05, 4.69) is 10.3 Å². The first-order valence-corrected chi connectivity index (χ1v) is 5.98. The first-order chi connectivity index (χ1) is 8.82. The average molecular weight is 282 g/mol. The molecule has 0 spiro atoms. The van der Waals surface area contributed by atoms with Crippen LogP contribution in [0.15, 0.2) is 18.3 Å². The topological polar surface area (TPSA) is 79.4 Å². The molecule has 100 valence electrons. The quantitative estimate of drug-likeness (QED) is 0.765. The minimum atomic E-state index is -1.10. The van der Waals surface area contributed by atoms with E-state index in [9.17, 15) is 14.4 Å². The Hall–Kier alpha value is -1.95. The Labute approximate surface area is 114 Å². The molecule has 0 bridgehead atoms. The van der Waals surface area contributed by atoms with Crippen molar-refractivity contribution in [1.29, 1.82) is 0 Å². The van der Waals surface area contributed by atoms with Crippen molar-refractivity contribution >= 4 is 29.3 Å². The molecule has 0 radical (unpaired) electrons. The molecule has 7 heteroatoms. The molecule has 1 fully saturated rings. The number of carbonyl (C=O) groups excluding carboxylic acids is 3. The predicted molar refractivity (Wildman–Crippen MR) is 67.5 cm³/mol. The van der Waals surface area contributed by atoms with Gasteiger partial charge < -0.3 is 4.90 Å². The normalized spacial score (nSPS) is 18.2. The van der Waals surface area contributed by atoms with Crippen LogP contribution in [0.4, 0.5) is 0 Å². The van der Waals surface area contributed by atoms with E-state index >= 15 is 0 Å². The molecule has 1 aliphatic rings. The highest BCUT2D eigenvalue weighted by molar-refractivity contribution is 6.30. The van der Waals surface area contributed by atoms with Gasteiger partial charge in [-0.3, -0.25) is 19.7 Å². The zero-order valence-corrected chi connectivity index (χ0v) is 11.2. The molecule has 0 aliphatic carbocycles. The Bertz CT molecular complexity index is 554. The van der Waals surface area contributed by atoms with Gasteiger partial charge in [-0.1, -0.05) is 11.6 Å². The lowest BCUT2D eigenvalue weighted by atomic mass is 9.98. The van der Waals surface area contributed by atoms with Gasteiger partial charge in [0.1, 0.15) is 17.8 Å². The summed E-state index contributed by atoms with van der Waals surface area (Å²) in [6, 6.07) is 2.98. The van der Waals surface area contributed by atoms with Crippen LogP contribution in [0.25, 0.3) is 0 Å². The van der Waals surface area contributed by atoms with Gasteiger partial charge in [0.05, 0.1) is 5.02 Å². The molecule has 19 heavy (non-hydrogen) atoms. The van der Waals surface area contributed by atoms with Gasteiger partial charge in [0.15, 0.2) is 0 Å². The van der Waals surface area contributed by atoms with Crippen LogP contribution in [0.2, 0.25) is 5.02 Å². The first kappa shape index (κ1) is 13.5. The van der Waals surface area contributed by atoms with Crippen LogP contribution in [-0.2, 0) is 9.59 Å². The van der Waals surface area contributed by atoms with E-state index in [1.165, 1.54) is 23.2 Å². The molecule has 3 amide bonds. The fourth-order valence-electron chi connectivity index (χ4n) is 1.75. The van der Waals surface area contributed by atoms with Gasteiger partial charge in [0.2, 0.25) is 5.91 Å². The van der Waals surface area contributed by atoms with Crippen molar-refractivity contribution in [2.75, 3.05) is 6.54 Å². The number of nitrogens with zero attached hydrogens (tertiary/aromatic N) is 2. The second-order valence-electron chi connectivity index (χ2n) is 4.69. The van der Waals surface area contributed by atoms with E-state index in [-0.39, 0.29) is 12.2 Å². The highest BCUT2D eigenvalue weighted by Gasteiger charge is 2.44. The van der Waals surface area contributed by atoms with Crippen LogP contribution in [0.3, 0.4) is 0 Å².